The lowest BCUT2D eigenvalue weighted by Crippen LogP contribution is -2.13. The Labute approximate surface area is 184 Å². The van der Waals surface area contributed by atoms with E-state index in [-0.39, 0.29) is 16.3 Å². The SMILES string of the molecule is COc1ccc(O)c(C(C)=NNc2ccc(S(=O)(=O)Nc3ccccc3)cc2[N+](=O)[O-])c1. The maximum absolute atomic E-state index is 12.6. The van der Waals surface area contributed by atoms with Crippen LogP contribution in [0, 0.1) is 10.1 Å². The molecule has 0 unspecified atom stereocenters. The van der Waals surface area contributed by atoms with Crippen LogP contribution in [0.15, 0.2) is 76.7 Å². The highest BCUT2D eigenvalue weighted by molar-refractivity contribution is 7.92. The summed E-state index contributed by atoms with van der Waals surface area (Å²) >= 11 is 0. The summed E-state index contributed by atoms with van der Waals surface area (Å²) in [6, 6.07) is 16.2. The van der Waals surface area contributed by atoms with Gasteiger partial charge in [-0.1, -0.05) is 18.2 Å². The summed E-state index contributed by atoms with van der Waals surface area (Å²) in [6.07, 6.45) is 0. The Bertz CT molecular complexity index is 1280. The van der Waals surface area contributed by atoms with Crippen LogP contribution in [0.5, 0.6) is 11.5 Å². The van der Waals surface area contributed by atoms with E-state index in [1.54, 1.807) is 49.4 Å². The number of hydrazone groups is 1. The maximum atomic E-state index is 12.6. The second-order valence-electron chi connectivity index (χ2n) is 6.60. The van der Waals surface area contributed by atoms with Gasteiger partial charge in [-0.3, -0.25) is 20.3 Å². The van der Waals surface area contributed by atoms with Crippen LogP contribution in [0.4, 0.5) is 17.1 Å². The van der Waals surface area contributed by atoms with Crippen LogP contribution >= 0.6 is 0 Å². The fraction of sp³-hybridized carbons (Fsp3) is 0.0952. The first-order valence-electron chi connectivity index (χ1n) is 9.25. The number of benzene rings is 3. The van der Waals surface area contributed by atoms with Crippen molar-refractivity contribution in [3.63, 3.8) is 0 Å². The van der Waals surface area contributed by atoms with Crippen LogP contribution in [0.3, 0.4) is 0 Å². The Morgan fingerprint density at radius 2 is 1.81 bits per heavy atom. The van der Waals surface area contributed by atoms with Crippen molar-refractivity contribution in [1.82, 2.24) is 0 Å². The van der Waals surface area contributed by atoms with E-state index in [1.165, 1.54) is 25.3 Å². The number of anilines is 2. The molecule has 3 aromatic rings. The minimum Gasteiger partial charge on any atom is -0.507 e. The second kappa shape index (κ2) is 9.35. The molecular weight excluding hydrogens is 436 g/mol. The molecule has 0 aliphatic carbocycles. The fourth-order valence-corrected chi connectivity index (χ4v) is 3.86. The number of aromatic hydroxyl groups is 1. The van der Waals surface area contributed by atoms with Crippen molar-refractivity contribution in [3.05, 3.63) is 82.4 Å². The quantitative estimate of drug-likeness (QED) is 0.264. The number of nitro groups is 1. The van der Waals surface area contributed by atoms with E-state index in [4.69, 9.17) is 4.74 Å². The average molecular weight is 456 g/mol. The number of nitrogens with one attached hydrogen (secondary N) is 2. The van der Waals surface area contributed by atoms with E-state index < -0.39 is 20.6 Å². The summed E-state index contributed by atoms with van der Waals surface area (Å²) in [5.74, 6) is 0.454. The summed E-state index contributed by atoms with van der Waals surface area (Å²) in [5.41, 5.74) is 3.09. The molecule has 0 bridgehead atoms. The van der Waals surface area contributed by atoms with E-state index in [0.29, 0.717) is 22.7 Å². The van der Waals surface area contributed by atoms with E-state index in [1.807, 2.05) is 0 Å². The number of ether oxygens (including phenoxy) is 1. The van der Waals surface area contributed by atoms with Crippen molar-refractivity contribution in [3.8, 4) is 11.5 Å². The predicted molar refractivity (Wildman–Crippen MR) is 121 cm³/mol. The number of hydrogen-bond acceptors (Lipinski definition) is 8. The van der Waals surface area contributed by atoms with Crippen LogP contribution in [0.25, 0.3) is 0 Å². The fourth-order valence-electron chi connectivity index (χ4n) is 2.78. The van der Waals surface area contributed by atoms with Crippen LogP contribution < -0.4 is 14.9 Å². The third-order valence-electron chi connectivity index (χ3n) is 4.44. The normalized spacial score (nSPS) is 11.6. The molecular formula is C21H20N4O6S. The molecule has 0 heterocycles. The van der Waals surface area contributed by atoms with Gasteiger partial charge in [0.1, 0.15) is 17.2 Å². The Balaban J connectivity index is 1.90. The predicted octanol–water partition coefficient (Wildman–Crippen LogP) is 3.95. The van der Waals surface area contributed by atoms with Gasteiger partial charge in [-0.2, -0.15) is 5.10 Å². The number of phenols is 1. The summed E-state index contributed by atoms with van der Waals surface area (Å²) in [7, 11) is -2.56. The van der Waals surface area contributed by atoms with Crippen molar-refractivity contribution < 1.29 is 23.2 Å². The number of nitrogens with zero attached hydrogens (tertiary/aromatic N) is 2. The first-order valence-corrected chi connectivity index (χ1v) is 10.7. The Hall–Kier alpha value is -4.12. The summed E-state index contributed by atoms with van der Waals surface area (Å²) in [5, 5.41) is 25.7. The summed E-state index contributed by atoms with van der Waals surface area (Å²) in [6.45, 7) is 1.59. The molecule has 0 spiro atoms. The molecule has 0 aromatic heterocycles. The smallest absolute Gasteiger partial charge is 0.295 e. The number of para-hydroxylation sites is 1. The molecule has 3 aromatic carbocycles. The monoisotopic (exact) mass is 456 g/mol. The molecule has 0 saturated heterocycles. The molecule has 0 atom stereocenters. The van der Waals surface area contributed by atoms with Gasteiger partial charge in [0, 0.05) is 17.3 Å². The van der Waals surface area contributed by atoms with Crippen LogP contribution in [0.1, 0.15) is 12.5 Å². The third-order valence-corrected chi connectivity index (χ3v) is 5.82. The van der Waals surface area contributed by atoms with Crippen molar-refractivity contribution in [2.75, 3.05) is 17.3 Å². The summed E-state index contributed by atoms with van der Waals surface area (Å²) < 4.78 is 32.7. The summed E-state index contributed by atoms with van der Waals surface area (Å²) in [4.78, 5) is 10.6. The first kappa shape index (κ1) is 22.6. The van der Waals surface area contributed by atoms with Gasteiger partial charge < -0.3 is 9.84 Å². The van der Waals surface area contributed by atoms with E-state index in [9.17, 15) is 23.6 Å². The van der Waals surface area contributed by atoms with E-state index in [0.717, 1.165) is 6.07 Å². The Kier molecular flexibility index (Phi) is 6.59. The van der Waals surface area contributed by atoms with Crippen LogP contribution in [-0.4, -0.2) is 31.3 Å². The highest BCUT2D eigenvalue weighted by Crippen LogP contribution is 2.29. The molecule has 3 rings (SSSR count). The van der Waals surface area contributed by atoms with E-state index in [2.05, 4.69) is 15.2 Å². The molecule has 0 fully saturated rings. The zero-order valence-corrected chi connectivity index (χ0v) is 18.0. The van der Waals surface area contributed by atoms with Gasteiger partial charge in [-0.05, 0) is 49.4 Å². The molecule has 10 nitrogen and oxygen atoms in total. The van der Waals surface area contributed by atoms with Crippen molar-refractivity contribution in [2.45, 2.75) is 11.8 Å². The lowest BCUT2D eigenvalue weighted by atomic mass is 10.1. The Morgan fingerprint density at radius 1 is 1.09 bits per heavy atom. The van der Waals surface area contributed by atoms with Crippen LogP contribution in [-0.2, 0) is 10.0 Å². The average Bonchev–Trinajstić information content (AvgIpc) is 2.78. The van der Waals surface area contributed by atoms with Gasteiger partial charge in [-0.15, -0.1) is 0 Å². The molecule has 0 aliphatic rings. The van der Waals surface area contributed by atoms with Gasteiger partial charge in [0.2, 0.25) is 0 Å². The molecule has 0 amide bonds. The molecule has 0 radical (unpaired) electrons. The largest absolute Gasteiger partial charge is 0.507 e. The number of sulfonamides is 1. The van der Waals surface area contributed by atoms with E-state index >= 15 is 0 Å². The lowest BCUT2D eigenvalue weighted by Gasteiger charge is -2.10. The second-order valence-corrected chi connectivity index (χ2v) is 8.28. The van der Waals surface area contributed by atoms with Gasteiger partial charge in [0.25, 0.3) is 15.7 Å². The van der Waals surface area contributed by atoms with Gasteiger partial charge in [-0.25, -0.2) is 8.42 Å². The zero-order valence-electron chi connectivity index (χ0n) is 17.1. The van der Waals surface area contributed by atoms with Crippen molar-refractivity contribution in [1.29, 1.82) is 0 Å². The molecule has 0 saturated carbocycles. The topological polar surface area (TPSA) is 143 Å². The number of nitro benzene ring substituents is 1. The molecule has 166 valence electrons. The Morgan fingerprint density at radius 3 is 2.47 bits per heavy atom. The van der Waals surface area contributed by atoms with Gasteiger partial charge in [0.15, 0.2) is 0 Å². The van der Waals surface area contributed by atoms with Crippen molar-refractivity contribution in [2.24, 2.45) is 5.10 Å². The van der Waals surface area contributed by atoms with Gasteiger partial charge >= 0.3 is 0 Å². The number of phenolic OH excluding ortho intramolecular Hbond substituents is 1. The zero-order chi connectivity index (χ0) is 23.3. The lowest BCUT2D eigenvalue weighted by molar-refractivity contribution is -0.384. The van der Waals surface area contributed by atoms with Gasteiger partial charge in [0.05, 0.1) is 22.6 Å². The standard InChI is InChI=1S/C21H20N4O6S/c1-14(18-12-16(31-2)8-11-21(18)26)22-23-19-10-9-17(13-20(19)25(27)28)32(29,30)24-15-6-4-3-5-7-15/h3-13,23-24,26H,1-2H3. The van der Waals surface area contributed by atoms with Crippen LogP contribution in [0.2, 0.25) is 0 Å². The number of methoxy groups -OCH3 is 1. The highest BCUT2D eigenvalue weighted by Gasteiger charge is 2.22. The molecule has 0 aliphatic heterocycles. The molecule has 32 heavy (non-hydrogen) atoms. The van der Waals surface area contributed by atoms with Crippen molar-refractivity contribution >= 4 is 32.8 Å². The molecule has 11 heteroatoms. The maximum Gasteiger partial charge on any atom is 0.295 e. The highest BCUT2D eigenvalue weighted by atomic mass is 32.2. The minimum absolute atomic E-state index is 0.0182. The third kappa shape index (κ3) is 5.13. The first-order chi connectivity index (χ1) is 15.2. The minimum atomic E-state index is -4.04. The number of hydrogen-bond donors (Lipinski definition) is 3. The molecule has 3 N–H and O–H groups in total. The number of rotatable bonds is 8.